The van der Waals surface area contributed by atoms with Crippen LogP contribution in [0.15, 0.2) is 62.6 Å². The molecular formula is C20H19ClO4S. The average Bonchev–Trinajstić information content (AvgIpc) is 2.65. The molecule has 2 aromatic carbocycles. The van der Waals surface area contributed by atoms with Crippen LogP contribution in [0.1, 0.15) is 18.4 Å². The fourth-order valence-corrected chi connectivity index (χ4v) is 4.60. The summed E-state index contributed by atoms with van der Waals surface area (Å²) < 4.78 is 31.5. The molecule has 0 saturated heterocycles. The van der Waals surface area contributed by atoms with E-state index in [-0.39, 0.29) is 27.0 Å². The number of benzene rings is 2. The Kier molecular flexibility index (Phi) is 5.49. The van der Waals surface area contributed by atoms with Crippen LogP contribution >= 0.6 is 11.6 Å². The van der Waals surface area contributed by atoms with Gasteiger partial charge in [0.1, 0.15) is 10.7 Å². The van der Waals surface area contributed by atoms with Gasteiger partial charge in [-0.15, -0.1) is 11.6 Å². The Balaban J connectivity index is 2.24. The van der Waals surface area contributed by atoms with Crippen LogP contribution in [-0.4, -0.2) is 20.1 Å². The van der Waals surface area contributed by atoms with Gasteiger partial charge in [-0.3, -0.25) is 4.79 Å². The van der Waals surface area contributed by atoms with Crippen LogP contribution in [0.25, 0.3) is 22.3 Å². The lowest BCUT2D eigenvalue weighted by molar-refractivity contribution is 0.581. The SMILES string of the molecule is Cc1c(-c2ccccc2)oc2c(S(=O)(=O)CCCCCl)cccc2c1=O. The summed E-state index contributed by atoms with van der Waals surface area (Å²) in [6.07, 6.45) is 1.08. The number of rotatable bonds is 6. The molecule has 0 aliphatic heterocycles. The molecular weight excluding hydrogens is 372 g/mol. The van der Waals surface area contributed by atoms with Crippen LogP contribution in [0.3, 0.4) is 0 Å². The number of alkyl halides is 1. The van der Waals surface area contributed by atoms with E-state index in [0.29, 0.717) is 30.0 Å². The summed E-state index contributed by atoms with van der Waals surface area (Å²) in [5, 5.41) is 0.278. The molecule has 6 heteroatoms. The van der Waals surface area contributed by atoms with E-state index in [1.165, 1.54) is 6.07 Å². The molecule has 0 amide bonds. The Morgan fingerprint density at radius 1 is 1.00 bits per heavy atom. The normalized spacial score (nSPS) is 11.8. The van der Waals surface area contributed by atoms with Gasteiger partial charge in [-0.2, -0.15) is 0 Å². The number of hydrogen-bond acceptors (Lipinski definition) is 4. The molecule has 1 heterocycles. The van der Waals surface area contributed by atoms with Crippen LogP contribution in [0.4, 0.5) is 0 Å². The van der Waals surface area contributed by atoms with Gasteiger partial charge in [0, 0.05) is 17.0 Å². The van der Waals surface area contributed by atoms with Crippen molar-refractivity contribution in [3.63, 3.8) is 0 Å². The van der Waals surface area contributed by atoms with Gasteiger partial charge in [0.25, 0.3) is 0 Å². The monoisotopic (exact) mass is 390 g/mol. The third-order valence-corrected chi connectivity index (χ3v) is 6.36. The van der Waals surface area contributed by atoms with E-state index in [2.05, 4.69) is 0 Å². The smallest absolute Gasteiger partial charge is 0.196 e. The first kappa shape index (κ1) is 18.7. The molecule has 3 rings (SSSR count). The average molecular weight is 391 g/mol. The predicted molar refractivity (Wildman–Crippen MR) is 105 cm³/mol. The van der Waals surface area contributed by atoms with E-state index >= 15 is 0 Å². The van der Waals surface area contributed by atoms with Crippen molar-refractivity contribution in [3.05, 3.63) is 64.3 Å². The second kappa shape index (κ2) is 7.64. The minimum Gasteiger partial charge on any atom is -0.454 e. The fraction of sp³-hybridized carbons (Fsp3) is 0.250. The van der Waals surface area contributed by atoms with E-state index < -0.39 is 9.84 Å². The maximum atomic E-state index is 12.8. The second-order valence-corrected chi connectivity index (χ2v) is 8.55. The molecule has 0 radical (unpaired) electrons. The Labute approximate surface area is 157 Å². The maximum absolute atomic E-state index is 12.8. The van der Waals surface area contributed by atoms with Gasteiger partial charge >= 0.3 is 0 Å². The van der Waals surface area contributed by atoms with Gasteiger partial charge in [-0.05, 0) is 31.9 Å². The molecule has 0 aliphatic carbocycles. The highest BCUT2D eigenvalue weighted by Crippen LogP contribution is 2.29. The van der Waals surface area contributed by atoms with Crippen molar-refractivity contribution in [2.45, 2.75) is 24.7 Å². The lowest BCUT2D eigenvalue weighted by atomic mass is 10.1. The summed E-state index contributed by atoms with van der Waals surface area (Å²) in [5.74, 6) is 0.778. The Morgan fingerprint density at radius 3 is 2.42 bits per heavy atom. The third-order valence-electron chi connectivity index (χ3n) is 4.28. The van der Waals surface area contributed by atoms with Crippen molar-refractivity contribution in [2.24, 2.45) is 0 Å². The van der Waals surface area contributed by atoms with Gasteiger partial charge in [-0.1, -0.05) is 36.4 Å². The largest absolute Gasteiger partial charge is 0.454 e. The number of para-hydroxylation sites is 1. The van der Waals surface area contributed by atoms with Gasteiger partial charge in [0.2, 0.25) is 0 Å². The summed E-state index contributed by atoms with van der Waals surface area (Å²) in [4.78, 5) is 12.8. The molecule has 26 heavy (non-hydrogen) atoms. The molecule has 0 spiro atoms. The molecule has 0 N–H and O–H groups in total. The molecule has 1 aromatic heterocycles. The molecule has 0 saturated carbocycles. The number of hydrogen-bond donors (Lipinski definition) is 0. The highest BCUT2D eigenvalue weighted by Gasteiger charge is 2.22. The Morgan fingerprint density at radius 2 is 1.73 bits per heavy atom. The number of unbranched alkanes of at least 4 members (excludes halogenated alkanes) is 1. The van der Waals surface area contributed by atoms with Crippen LogP contribution in [0.2, 0.25) is 0 Å². The summed E-state index contributed by atoms with van der Waals surface area (Å²) >= 11 is 5.64. The van der Waals surface area contributed by atoms with Gasteiger partial charge < -0.3 is 4.42 Å². The van der Waals surface area contributed by atoms with E-state index in [1.807, 2.05) is 30.3 Å². The second-order valence-electron chi connectivity index (χ2n) is 6.10. The molecule has 0 atom stereocenters. The fourth-order valence-electron chi connectivity index (χ4n) is 2.89. The zero-order valence-corrected chi connectivity index (χ0v) is 15.9. The van der Waals surface area contributed by atoms with Gasteiger partial charge in [-0.25, -0.2) is 8.42 Å². The minimum absolute atomic E-state index is 0.0307. The van der Waals surface area contributed by atoms with Crippen molar-refractivity contribution in [1.29, 1.82) is 0 Å². The Hall–Kier alpha value is -2.11. The minimum atomic E-state index is -3.58. The quantitative estimate of drug-likeness (QED) is 0.457. The van der Waals surface area contributed by atoms with Crippen molar-refractivity contribution < 1.29 is 12.8 Å². The highest BCUT2D eigenvalue weighted by atomic mass is 35.5. The zero-order chi connectivity index (χ0) is 18.7. The number of fused-ring (bicyclic) bond motifs is 1. The molecule has 4 nitrogen and oxygen atoms in total. The van der Waals surface area contributed by atoms with E-state index in [4.69, 9.17) is 16.0 Å². The van der Waals surface area contributed by atoms with E-state index in [0.717, 1.165) is 5.56 Å². The first-order valence-corrected chi connectivity index (χ1v) is 10.5. The van der Waals surface area contributed by atoms with Crippen LogP contribution in [0, 0.1) is 6.92 Å². The molecule has 0 unspecified atom stereocenters. The Bertz CT molecular complexity index is 1090. The summed E-state index contributed by atoms with van der Waals surface area (Å²) in [6, 6.07) is 13.9. The zero-order valence-electron chi connectivity index (χ0n) is 14.4. The summed E-state index contributed by atoms with van der Waals surface area (Å²) in [7, 11) is -3.58. The van der Waals surface area contributed by atoms with Crippen LogP contribution in [0.5, 0.6) is 0 Å². The highest BCUT2D eigenvalue weighted by molar-refractivity contribution is 7.91. The van der Waals surface area contributed by atoms with Crippen molar-refractivity contribution in [2.75, 3.05) is 11.6 Å². The molecule has 3 aromatic rings. The number of sulfone groups is 1. The lowest BCUT2D eigenvalue weighted by Crippen LogP contribution is -2.12. The van der Waals surface area contributed by atoms with Crippen LogP contribution in [-0.2, 0) is 9.84 Å². The molecule has 136 valence electrons. The van der Waals surface area contributed by atoms with Crippen molar-refractivity contribution in [3.8, 4) is 11.3 Å². The maximum Gasteiger partial charge on any atom is 0.196 e. The van der Waals surface area contributed by atoms with Crippen molar-refractivity contribution in [1.82, 2.24) is 0 Å². The van der Waals surface area contributed by atoms with E-state index in [1.54, 1.807) is 19.1 Å². The first-order chi connectivity index (χ1) is 12.5. The summed E-state index contributed by atoms with van der Waals surface area (Å²) in [6.45, 7) is 1.69. The molecule has 0 bridgehead atoms. The third kappa shape index (κ3) is 3.55. The molecule has 0 fully saturated rings. The van der Waals surface area contributed by atoms with Crippen LogP contribution < -0.4 is 5.43 Å². The topological polar surface area (TPSA) is 64.3 Å². The van der Waals surface area contributed by atoms with Gasteiger partial charge in [0.05, 0.1) is 11.1 Å². The summed E-state index contributed by atoms with van der Waals surface area (Å²) in [5.41, 5.74) is 1.09. The first-order valence-electron chi connectivity index (χ1n) is 8.36. The number of halogens is 1. The lowest BCUT2D eigenvalue weighted by Gasteiger charge is -2.11. The van der Waals surface area contributed by atoms with Gasteiger partial charge in [0.15, 0.2) is 20.8 Å². The predicted octanol–water partition coefficient (Wildman–Crippen LogP) is 4.56. The van der Waals surface area contributed by atoms with Crippen molar-refractivity contribution >= 4 is 32.4 Å². The van der Waals surface area contributed by atoms with E-state index in [9.17, 15) is 13.2 Å². The standard InChI is InChI=1S/C20H19ClO4S/c1-14-18(22)16-10-7-11-17(26(23,24)13-6-5-12-21)20(16)25-19(14)15-8-3-2-4-9-15/h2-4,7-11H,5-6,12-13H2,1H3. The molecule has 0 aliphatic rings.